The molecule has 1 fully saturated rings. The number of amides is 1. The third-order valence-electron chi connectivity index (χ3n) is 2.24. The number of rotatable bonds is 2. The lowest BCUT2D eigenvalue weighted by Crippen LogP contribution is -2.28. The van der Waals surface area contributed by atoms with E-state index in [0.29, 0.717) is 4.32 Å². The Kier molecular flexibility index (Phi) is 3.74. The summed E-state index contributed by atoms with van der Waals surface area (Å²) < 4.78 is 0.683. The number of thiocarbonyl (C=S) groups is 1. The van der Waals surface area contributed by atoms with Gasteiger partial charge in [-0.25, -0.2) is 0 Å². The smallest absolute Gasteiger partial charge is 0.252 e. The Morgan fingerprint density at radius 1 is 1.38 bits per heavy atom. The number of nitrogens with zero attached hydrogens (tertiary/aromatic N) is 1. The molecule has 1 aliphatic heterocycles. The maximum atomic E-state index is 11.8. The summed E-state index contributed by atoms with van der Waals surface area (Å²) in [5.41, 5.74) is 1.02. The van der Waals surface area contributed by atoms with Gasteiger partial charge in [-0.05, 0) is 11.6 Å². The van der Waals surface area contributed by atoms with Crippen molar-refractivity contribution in [2.24, 2.45) is 0 Å². The molecule has 1 aromatic rings. The molecule has 4 heteroatoms. The minimum Gasteiger partial charge on any atom is -0.293 e. The largest absolute Gasteiger partial charge is 0.293 e. The second kappa shape index (κ2) is 5.27. The summed E-state index contributed by atoms with van der Waals surface area (Å²) in [5.74, 6) is 0.878. The van der Waals surface area contributed by atoms with Crippen molar-refractivity contribution in [1.82, 2.24) is 4.90 Å². The average Bonchev–Trinajstić information content (AvgIpc) is 2.74. The van der Waals surface area contributed by atoms with Crippen molar-refractivity contribution in [2.75, 3.05) is 12.3 Å². The van der Waals surface area contributed by atoms with E-state index in [9.17, 15) is 4.79 Å². The van der Waals surface area contributed by atoms with Crippen LogP contribution in [0.3, 0.4) is 0 Å². The zero-order valence-electron chi connectivity index (χ0n) is 8.63. The van der Waals surface area contributed by atoms with Crippen molar-refractivity contribution in [3.8, 4) is 0 Å². The van der Waals surface area contributed by atoms with E-state index in [4.69, 9.17) is 12.2 Å². The Labute approximate surface area is 104 Å². The van der Waals surface area contributed by atoms with Gasteiger partial charge < -0.3 is 0 Å². The van der Waals surface area contributed by atoms with Crippen LogP contribution in [0.4, 0.5) is 0 Å². The summed E-state index contributed by atoms with van der Waals surface area (Å²) in [5, 5.41) is 0. The van der Waals surface area contributed by atoms with Gasteiger partial charge in [-0.3, -0.25) is 9.69 Å². The number of carbonyl (C=O) groups is 1. The van der Waals surface area contributed by atoms with E-state index in [-0.39, 0.29) is 5.91 Å². The van der Waals surface area contributed by atoms with Crippen LogP contribution in [0.1, 0.15) is 5.56 Å². The van der Waals surface area contributed by atoms with Gasteiger partial charge in [0.1, 0.15) is 4.32 Å². The third kappa shape index (κ3) is 2.71. The van der Waals surface area contributed by atoms with Crippen molar-refractivity contribution < 1.29 is 4.79 Å². The van der Waals surface area contributed by atoms with E-state index in [0.717, 1.165) is 17.9 Å². The van der Waals surface area contributed by atoms with E-state index in [1.807, 2.05) is 36.4 Å². The summed E-state index contributed by atoms with van der Waals surface area (Å²) in [4.78, 5) is 13.4. The zero-order valence-corrected chi connectivity index (χ0v) is 10.3. The normalized spacial score (nSPS) is 16.0. The number of thioether (sulfide) groups is 1. The molecular formula is C12H11NOS2. The van der Waals surface area contributed by atoms with Crippen LogP contribution in [0.2, 0.25) is 0 Å². The van der Waals surface area contributed by atoms with Crippen molar-refractivity contribution in [3.05, 3.63) is 42.0 Å². The molecule has 0 atom stereocenters. The zero-order chi connectivity index (χ0) is 11.4. The Morgan fingerprint density at radius 3 is 2.75 bits per heavy atom. The SMILES string of the molecule is O=C(/C=C/c1ccccc1)N1CCSC1=S. The van der Waals surface area contributed by atoms with Crippen LogP contribution in [-0.4, -0.2) is 27.4 Å². The quantitative estimate of drug-likeness (QED) is 0.593. The maximum absolute atomic E-state index is 11.8. The fourth-order valence-electron chi connectivity index (χ4n) is 1.42. The third-order valence-corrected chi connectivity index (χ3v) is 3.67. The van der Waals surface area contributed by atoms with E-state index >= 15 is 0 Å². The average molecular weight is 249 g/mol. The van der Waals surface area contributed by atoms with Crippen LogP contribution in [0.5, 0.6) is 0 Å². The lowest BCUT2D eigenvalue weighted by atomic mass is 10.2. The molecule has 1 amide bonds. The molecule has 0 aromatic heterocycles. The van der Waals surface area contributed by atoms with Crippen LogP contribution in [0.15, 0.2) is 36.4 Å². The van der Waals surface area contributed by atoms with Gasteiger partial charge >= 0.3 is 0 Å². The van der Waals surface area contributed by atoms with Crippen molar-refractivity contribution in [1.29, 1.82) is 0 Å². The Bertz CT molecular complexity index is 428. The minimum atomic E-state index is -0.0288. The first kappa shape index (κ1) is 11.4. The summed E-state index contributed by atoms with van der Waals surface area (Å²) in [6, 6.07) is 9.76. The number of hydrogen-bond donors (Lipinski definition) is 0. The van der Waals surface area contributed by atoms with Gasteiger partial charge in [-0.2, -0.15) is 0 Å². The lowest BCUT2D eigenvalue weighted by molar-refractivity contribution is -0.121. The van der Waals surface area contributed by atoms with Crippen LogP contribution in [0.25, 0.3) is 6.08 Å². The summed E-state index contributed by atoms with van der Waals surface area (Å²) >= 11 is 6.64. The molecule has 1 aliphatic rings. The van der Waals surface area contributed by atoms with Crippen LogP contribution in [0, 0.1) is 0 Å². The molecule has 0 radical (unpaired) electrons. The molecule has 1 saturated heterocycles. The van der Waals surface area contributed by atoms with Crippen molar-refractivity contribution in [2.45, 2.75) is 0 Å². The highest BCUT2D eigenvalue weighted by Crippen LogP contribution is 2.18. The predicted molar refractivity (Wildman–Crippen MR) is 72.2 cm³/mol. The fraction of sp³-hybridized carbons (Fsp3) is 0.167. The van der Waals surface area contributed by atoms with Gasteiger partial charge in [0.05, 0.1) is 0 Å². The second-order valence-electron chi connectivity index (χ2n) is 3.35. The Balaban J connectivity index is 2.02. The summed E-state index contributed by atoms with van der Waals surface area (Å²) in [7, 11) is 0. The standard InChI is InChI=1S/C12H11NOS2/c14-11(13-8-9-16-12(13)15)7-6-10-4-2-1-3-5-10/h1-7H,8-9H2/b7-6+. The van der Waals surface area contributed by atoms with Gasteiger partial charge in [-0.1, -0.05) is 54.3 Å². The van der Waals surface area contributed by atoms with Crippen LogP contribution in [-0.2, 0) is 4.79 Å². The minimum absolute atomic E-state index is 0.0288. The van der Waals surface area contributed by atoms with E-state index in [1.165, 1.54) is 0 Å². The first-order valence-corrected chi connectivity index (χ1v) is 6.38. The lowest BCUT2D eigenvalue weighted by Gasteiger charge is -2.11. The number of hydrogen-bond acceptors (Lipinski definition) is 3. The fourth-order valence-corrected chi connectivity index (χ4v) is 2.63. The molecule has 1 heterocycles. The van der Waals surface area contributed by atoms with Crippen molar-refractivity contribution >= 4 is 40.3 Å². The summed E-state index contributed by atoms with van der Waals surface area (Å²) in [6.45, 7) is 0.724. The van der Waals surface area contributed by atoms with E-state index in [1.54, 1.807) is 22.7 Å². The molecule has 1 aromatic carbocycles. The first-order valence-electron chi connectivity index (χ1n) is 4.99. The molecule has 0 aliphatic carbocycles. The molecule has 2 rings (SSSR count). The maximum Gasteiger partial charge on any atom is 0.252 e. The van der Waals surface area contributed by atoms with Crippen molar-refractivity contribution in [3.63, 3.8) is 0 Å². The highest BCUT2D eigenvalue weighted by Gasteiger charge is 2.21. The number of carbonyl (C=O) groups excluding carboxylic acids is 1. The highest BCUT2D eigenvalue weighted by atomic mass is 32.2. The molecule has 0 N–H and O–H groups in total. The molecule has 0 bridgehead atoms. The van der Waals surface area contributed by atoms with Crippen LogP contribution < -0.4 is 0 Å². The van der Waals surface area contributed by atoms with Gasteiger partial charge in [-0.15, -0.1) is 0 Å². The molecule has 82 valence electrons. The first-order chi connectivity index (χ1) is 7.77. The van der Waals surface area contributed by atoms with Gasteiger partial charge in [0.2, 0.25) is 0 Å². The molecule has 2 nitrogen and oxygen atoms in total. The molecule has 0 unspecified atom stereocenters. The Morgan fingerprint density at radius 2 is 2.12 bits per heavy atom. The van der Waals surface area contributed by atoms with Gasteiger partial charge in [0, 0.05) is 18.4 Å². The van der Waals surface area contributed by atoms with Crippen LogP contribution >= 0.6 is 24.0 Å². The van der Waals surface area contributed by atoms with E-state index in [2.05, 4.69) is 0 Å². The van der Waals surface area contributed by atoms with Gasteiger partial charge in [0.15, 0.2) is 0 Å². The molecule has 0 spiro atoms. The molecule has 16 heavy (non-hydrogen) atoms. The highest BCUT2D eigenvalue weighted by molar-refractivity contribution is 8.23. The summed E-state index contributed by atoms with van der Waals surface area (Å²) in [6.07, 6.45) is 3.39. The Hall–Kier alpha value is -1.13. The topological polar surface area (TPSA) is 20.3 Å². The molecular weight excluding hydrogens is 238 g/mol. The van der Waals surface area contributed by atoms with Gasteiger partial charge in [0.25, 0.3) is 5.91 Å². The molecule has 0 saturated carbocycles. The van der Waals surface area contributed by atoms with E-state index < -0.39 is 0 Å². The number of benzene rings is 1. The predicted octanol–water partition coefficient (Wildman–Crippen LogP) is 2.56. The monoisotopic (exact) mass is 249 g/mol. The second-order valence-corrected chi connectivity index (χ2v) is 5.08.